The smallest absolute Gasteiger partial charge is 0.0202 e. The van der Waals surface area contributed by atoms with Crippen LogP contribution in [0, 0.1) is 0 Å². The Morgan fingerprint density at radius 2 is 1.67 bits per heavy atom. The van der Waals surface area contributed by atoms with Crippen molar-refractivity contribution in [2.24, 2.45) is 0 Å². The first-order chi connectivity index (χ1) is 5.86. The molecule has 1 heteroatoms. The average molecular weight is 163 g/mol. The van der Waals surface area contributed by atoms with Gasteiger partial charge in [-0.2, -0.15) is 0 Å². The molecule has 12 heavy (non-hydrogen) atoms. The first-order valence-corrected chi connectivity index (χ1v) is 4.59. The van der Waals surface area contributed by atoms with Crippen molar-refractivity contribution in [3.05, 3.63) is 35.4 Å². The molecule has 1 rings (SSSR count). The van der Waals surface area contributed by atoms with E-state index in [0.717, 1.165) is 6.54 Å². The molecule has 1 N–H and O–H groups in total. The fourth-order valence-corrected chi connectivity index (χ4v) is 1.32. The Balaban J connectivity index is 2.58. The molecule has 1 aromatic carbocycles. The molecule has 0 amide bonds. The van der Waals surface area contributed by atoms with E-state index in [9.17, 15) is 0 Å². The summed E-state index contributed by atoms with van der Waals surface area (Å²) in [4.78, 5) is 0. The van der Waals surface area contributed by atoms with Crippen molar-refractivity contribution in [2.45, 2.75) is 26.3 Å². The fourth-order valence-electron chi connectivity index (χ4n) is 1.32. The van der Waals surface area contributed by atoms with Gasteiger partial charge in [0.05, 0.1) is 0 Å². The minimum Gasteiger partial charge on any atom is -0.316 e. The molecule has 1 nitrogen and oxygen atoms in total. The van der Waals surface area contributed by atoms with Gasteiger partial charge in [0, 0.05) is 6.54 Å². The highest BCUT2D eigenvalue weighted by Crippen LogP contribution is 2.05. The maximum atomic E-state index is 3.14. The van der Waals surface area contributed by atoms with E-state index >= 15 is 0 Å². The fraction of sp³-hybridized carbons (Fsp3) is 0.455. The molecule has 0 aliphatic rings. The molecule has 0 aromatic heterocycles. The molecule has 0 bridgehead atoms. The summed E-state index contributed by atoms with van der Waals surface area (Å²) in [7, 11) is 1.97. The Kier molecular flexibility index (Phi) is 3.81. The Hall–Kier alpha value is -0.820. The zero-order valence-corrected chi connectivity index (χ0v) is 7.93. The second-order valence-electron chi connectivity index (χ2n) is 3.10. The van der Waals surface area contributed by atoms with E-state index in [1.165, 1.54) is 24.0 Å². The van der Waals surface area contributed by atoms with Crippen molar-refractivity contribution in [1.82, 2.24) is 5.32 Å². The molecule has 0 aliphatic carbocycles. The average Bonchev–Trinajstić information content (AvgIpc) is 2.09. The molecule has 0 fully saturated rings. The highest BCUT2D eigenvalue weighted by Gasteiger charge is 1.91. The van der Waals surface area contributed by atoms with Crippen molar-refractivity contribution in [1.29, 1.82) is 0 Å². The maximum absolute atomic E-state index is 3.14. The molecule has 0 heterocycles. The van der Waals surface area contributed by atoms with Crippen molar-refractivity contribution >= 4 is 0 Å². The Labute approximate surface area is 74.8 Å². The van der Waals surface area contributed by atoms with Crippen LogP contribution in [0.2, 0.25) is 0 Å². The van der Waals surface area contributed by atoms with Gasteiger partial charge >= 0.3 is 0 Å². The topological polar surface area (TPSA) is 12.0 Å². The third-order valence-corrected chi connectivity index (χ3v) is 1.94. The van der Waals surface area contributed by atoms with Crippen LogP contribution in [0.1, 0.15) is 24.5 Å². The first kappa shape index (κ1) is 9.27. The Morgan fingerprint density at radius 1 is 1.08 bits per heavy atom. The zero-order valence-electron chi connectivity index (χ0n) is 7.93. The van der Waals surface area contributed by atoms with E-state index in [1.54, 1.807) is 0 Å². The van der Waals surface area contributed by atoms with Crippen LogP contribution in [0.3, 0.4) is 0 Å². The first-order valence-electron chi connectivity index (χ1n) is 4.59. The van der Waals surface area contributed by atoms with Crippen LogP contribution in [0.25, 0.3) is 0 Å². The Bertz CT molecular complexity index is 188. The van der Waals surface area contributed by atoms with Gasteiger partial charge in [0.2, 0.25) is 0 Å². The summed E-state index contributed by atoms with van der Waals surface area (Å²) >= 11 is 0. The largest absolute Gasteiger partial charge is 0.316 e. The van der Waals surface area contributed by atoms with Gasteiger partial charge in [0.15, 0.2) is 0 Å². The van der Waals surface area contributed by atoms with Crippen LogP contribution in [0.4, 0.5) is 0 Å². The van der Waals surface area contributed by atoms with Crippen molar-refractivity contribution in [3.8, 4) is 0 Å². The highest BCUT2D eigenvalue weighted by molar-refractivity contribution is 5.22. The molecule has 0 radical (unpaired) electrons. The molecule has 66 valence electrons. The van der Waals surface area contributed by atoms with Crippen LogP contribution in [0.15, 0.2) is 24.3 Å². The van der Waals surface area contributed by atoms with E-state index in [0.29, 0.717) is 0 Å². The zero-order chi connectivity index (χ0) is 8.81. The SMILES string of the molecule is CCCc1ccc(CNC)cc1. The van der Waals surface area contributed by atoms with Crippen molar-refractivity contribution in [3.63, 3.8) is 0 Å². The number of nitrogens with one attached hydrogen (secondary N) is 1. The summed E-state index contributed by atoms with van der Waals surface area (Å²) in [6.45, 7) is 3.17. The molecular formula is C11H17N. The lowest BCUT2D eigenvalue weighted by Gasteiger charge is -2.01. The summed E-state index contributed by atoms with van der Waals surface area (Å²) in [5, 5.41) is 3.14. The highest BCUT2D eigenvalue weighted by atomic mass is 14.8. The van der Waals surface area contributed by atoms with Crippen LogP contribution in [-0.2, 0) is 13.0 Å². The summed E-state index contributed by atoms with van der Waals surface area (Å²) in [5.74, 6) is 0. The van der Waals surface area contributed by atoms with Crippen LogP contribution >= 0.6 is 0 Å². The van der Waals surface area contributed by atoms with E-state index in [1.807, 2.05) is 7.05 Å². The van der Waals surface area contributed by atoms with Gasteiger partial charge in [-0.1, -0.05) is 37.6 Å². The molecule has 0 atom stereocenters. The van der Waals surface area contributed by atoms with Gasteiger partial charge in [-0.3, -0.25) is 0 Å². The van der Waals surface area contributed by atoms with Gasteiger partial charge in [-0.15, -0.1) is 0 Å². The van der Waals surface area contributed by atoms with Gasteiger partial charge in [0.25, 0.3) is 0 Å². The molecule has 1 aromatic rings. The second-order valence-corrected chi connectivity index (χ2v) is 3.10. The standard InChI is InChI=1S/C11H17N/c1-3-4-10-5-7-11(8-6-10)9-12-2/h5-8,12H,3-4,9H2,1-2H3. The monoisotopic (exact) mass is 163 g/mol. The molecule has 0 spiro atoms. The van der Waals surface area contributed by atoms with E-state index in [4.69, 9.17) is 0 Å². The van der Waals surface area contributed by atoms with Crippen molar-refractivity contribution < 1.29 is 0 Å². The summed E-state index contributed by atoms with van der Waals surface area (Å²) < 4.78 is 0. The van der Waals surface area contributed by atoms with E-state index in [2.05, 4.69) is 36.5 Å². The molecular weight excluding hydrogens is 146 g/mol. The predicted molar refractivity (Wildman–Crippen MR) is 53.2 cm³/mol. The summed E-state index contributed by atoms with van der Waals surface area (Å²) in [6, 6.07) is 8.83. The molecule has 0 saturated heterocycles. The Morgan fingerprint density at radius 3 is 2.17 bits per heavy atom. The molecule has 0 unspecified atom stereocenters. The third-order valence-electron chi connectivity index (χ3n) is 1.94. The van der Waals surface area contributed by atoms with Crippen LogP contribution in [0.5, 0.6) is 0 Å². The quantitative estimate of drug-likeness (QED) is 0.718. The number of rotatable bonds is 4. The third kappa shape index (κ3) is 2.67. The number of benzene rings is 1. The number of hydrogen-bond donors (Lipinski definition) is 1. The minimum atomic E-state index is 0.965. The molecule has 0 aliphatic heterocycles. The number of hydrogen-bond acceptors (Lipinski definition) is 1. The minimum absolute atomic E-state index is 0.965. The summed E-state index contributed by atoms with van der Waals surface area (Å²) in [6.07, 6.45) is 2.42. The lowest BCUT2D eigenvalue weighted by Crippen LogP contribution is -2.04. The van der Waals surface area contributed by atoms with Gasteiger partial charge in [-0.25, -0.2) is 0 Å². The maximum Gasteiger partial charge on any atom is 0.0202 e. The summed E-state index contributed by atoms with van der Waals surface area (Å²) in [5.41, 5.74) is 2.80. The predicted octanol–water partition coefficient (Wildman–Crippen LogP) is 2.36. The molecule has 0 saturated carbocycles. The second kappa shape index (κ2) is 4.94. The normalized spacial score (nSPS) is 10.2. The lowest BCUT2D eigenvalue weighted by molar-refractivity contribution is 0.816. The lowest BCUT2D eigenvalue weighted by atomic mass is 10.1. The van der Waals surface area contributed by atoms with E-state index in [-0.39, 0.29) is 0 Å². The van der Waals surface area contributed by atoms with Crippen LogP contribution in [-0.4, -0.2) is 7.05 Å². The van der Waals surface area contributed by atoms with Crippen LogP contribution < -0.4 is 5.32 Å². The van der Waals surface area contributed by atoms with E-state index < -0.39 is 0 Å². The van der Waals surface area contributed by atoms with Crippen molar-refractivity contribution in [2.75, 3.05) is 7.05 Å². The van der Waals surface area contributed by atoms with Gasteiger partial charge in [-0.05, 0) is 24.6 Å². The van der Waals surface area contributed by atoms with Gasteiger partial charge in [0.1, 0.15) is 0 Å². The number of aryl methyl sites for hydroxylation is 1. The van der Waals surface area contributed by atoms with Gasteiger partial charge < -0.3 is 5.32 Å².